The second-order valence-corrected chi connectivity index (χ2v) is 12.8. The van der Waals surface area contributed by atoms with Gasteiger partial charge in [0.05, 0.1) is 5.69 Å². The Hall–Kier alpha value is -6.08. The first kappa shape index (κ1) is 36.7. The number of rotatable bonds is 11. The summed E-state index contributed by atoms with van der Waals surface area (Å²) in [6.45, 7) is 2.86. The van der Waals surface area contributed by atoms with E-state index in [0.29, 0.717) is 43.0 Å². The maximum atomic E-state index is 15.2. The van der Waals surface area contributed by atoms with Crippen LogP contribution >= 0.6 is 0 Å². The van der Waals surface area contributed by atoms with Crippen LogP contribution in [0.25, 0.3) is 0 Å². The van der Waals surface area contributed by atoms with Gasteiger partial charge in [-0.1, -0.05) is 61.5 Å². The molecule has 4 aromatic rings. The summed E-state index contributed by atoms with van der Waals surface area (Å²) in [5.41, 5.74) is 2.86. The Bertz CT molecular complexity index is 1970. The normalized spacial score (nSPS) is 15.8. The lowest BCUT2D eigenvalue weighted by atomic mass is 9.90. The molecule has 0 radical (unpaired) electrons. The van der Waals surface area contributed by atoms with Gasteiger partial charge >= 0.3 is 6.09 Å². The Kier molecular flexibility index (Phi) is 11.7. The Labute approximate surface area is 306 Å². The number of hydrogen-bond donors (Lipinski definition) is 4. The summed E-state index contributed by atoms with van der Waals surface area (Å²) in [5.74, 6) is -2.88. The van der Waals surface area contributed by atoms with Crippen molar-refractivity contribution in [2.24, 2.45) is 5.92 Å². The molecule has 1 saturated heterocycles. The SMILES string of the molecule is CCC(=O)N[C@H](C(=O)N1Cc2ccccc2[C@H]1C(=O)Nc1cc(C(=O)Nc2ccc(NC(=O)OCc3ccccc3)cc2)ccc1F)C1CCOCC1. The summed E-state index contributed by atoms with van der Waals surface area (Å²) >= 11 is 0. The van der Waals surface area contributed by atoms with Gasteiger partial charge in [-0.2, -0.15) is 0 Å². The zero-order valence-corrected chi connectivity index (χ0v) is 29.1. The van der Waals surface area contributed by atoms with Gasteiger partial charge in [-0.3, -0.25) is 24.5 Å². The average molecular weight is 722 g/mol. The van der Waals surface area contributed by atoms with Crippen molar-refractivity contribution in [3.63, 3.8) is 0 Å². The fraction of sp³-hybridized carbons (Fsp3) is 0.275. The number of hydrogen-bond acceptors (Lipinski definition) is 7. The number of nitrogens with zero attached hydrogens (tertiary/aromatic N) is 1. The standard InChI is InChI=1S/C40H40FN5O7/c1-2-34(47)45-35(26-18-20-52-21-19-26)39(50)46-23-28-10-6-7-11-31(28)36(46)38(49)44-33-22-27(12-17-32(33)41)37(48)42-29-13-15-30(16-14-29)43-40(51)53-24-25-8-4-3-5-9-25/h3-17,22,26,35-36H,2,18-21,23-24H2,1H3,(H,42,48)(H,43,51)(H,44,49)(H,45,47)/t35-,36-/m0/s1. The maximum Gasteiger partial charge on any atom is 0.411 e. The van der Waals surface area contributed by atoms with Crippen molar-refractivity contribution in [2.45, 2.75) is 51.4 Å². The molecule has 53 heavy (non-hydrogen) atoms. The van der Waals surface area contributed by atoms with Crippen molar-refractivity contribution >= 4 is 46.8 Å². The van der Waals surface area contributed by atoms with E-state index in [2.05, 4.69) is 21.3 Å². The molecule has 4 aromatic carbocycles. The molecule has 4 N–H and O–H groups in total. The fourth-order valence-corrected chi connectivity index (χ4v) is 6.44. The van der Waals surface area contributed by atoms with E-state index >= 15 is 4.39 Å². The van der Waals surface area contributed by atoms with Crippen molar-refractivity contribution in [1.29, 1.82) is 0 Å². The third kappa shape index (κ3) is 9.05. The predicted molar refractivity (Wildman–Crippen MR) is 195 cm³/mol. The molecule has 13 heteroatoms. The van der Waals surface area contributed by atoms with Crippen LogP contribution in [0.15, 0.2) is 97.1 Å². The van der Waals surface area contributed by atoms with Crippen molar-refractivity contribution in [1.82, 2.24) is 10.2 Å². The molecule has 2 aliphatic rings. The molecule has 2 heterocycles. The summed E-state index contributed by atoms with van der Waals surface area (Å²) in [7, 11) is 0. The Morgan fingerprint density at radius 2 is 1.53 bits per heavy atom. The summed E-state index contributed by atoms with van der Waals surface area (Å²) in [6.07, 6.45) is 0.698. The van der Waals surface area contributed by atoms with Gasteiger partial charge in [-0.05, 0) is 77.9 Å². The number of benzene rings is 4. The van der Waals surface area contributed by atoms with Crippen molar-refractivity contribution in [3.8, 4) is 0 Å². The Balaban J connectivity index is 1.13. The lowest BCUT2D eigenvalue weighted by Gasteiger charge is -2.34. The largest absolute Gasteiger partial charge is 0.444 e. The van der Waals surface area contributed by atoms with Crippen LogP contribution in [0.3, 0.4) is 0 Å². The zero-order chi connectivity index (χ0) is 37.3. The second kappa shape index (κ2) is 17.0. The Morgan fingerprint density at radius 3 is 2.25 bits per heavy atom. The first-order valence-corrected chi connectivity index (χ1v) is 17.4. The van der Waals surface area contributed by atoms with Crippen LogP contribution < -0.4 is 21.3 Å². The van der Waals surface area contributed by atoms with Gasteiger partial charge in [-0.15, -0.1) is 0 Å². The van der Waals surface area contributed by atoms with Gasteiger partial charge in [0.25, 0.3) is 11.8 Å². The first-order chi connectivity index (χ1) is 25.7. The van der Waals surface area contributed by atoms with Crippen molar-refractivity contribution in [3.05, 3.63) is 125 Å². The van der Waals surface area contributed by atoms with E-state index < -0.39 is 41.7 Å². The molecular weight excluding hydrogens is 681 g/mol. The van der Waals surface area contributed by atoms with Crippen LogP contribution in [0.2, 0.25) is 0 Å². The minimum atomic E-state index is -1.11. The van der Waals surface area contributed by atoms with Gasteiger partial charge in [-0.25, -0.2) is 9.18 Å². The summed E-state index contributed by atoms with van der Waals surface area (Å²) < 4.78 is 25.9. The molecule has 274 valence electrons. The number of amides is 5. The number of nitrogens with one attached hydrogen (secondary N) is 4. The third-order valence-corrected chi connectivity index (χ3v) is 9.26. The number of ether oxygens (including phenoxy) is 2. The molecule has 0 bridgehead atoms. The quantitative estimate of drug-likeness (QED) is 0.144. The molecule has 2 aliphatic heterocycles. The second-order valence-electron chi connectivity index (χ2n) is 12.8. The average Bonchev–Trinajstić information content (AvgIpc) is 3.58. The van der Waals surface area contributed by atoms with Crippen LogP contribution in [0.5, 0.6) is 0 Å². The molecule has 0 unspecified atom stereocenters. The molecule has 6 rings (SSSR count). The zero-order valence-electron chi connectivity index (χ0n) is 29.1. The van der Waals surface area contributed by atoms with E-state index in [1.807, 2.05) is 42.5 Å². The van der Waals surface area contributed by atoms with Crippen LogP contribution in [0.1, 0.15) is 59.3 Å². The van der Waals surface area contributed by atoms with E-state index in [1.165, 1.54) is 17.0 Å². The van der Waals surface area contributed by atoms with Gasteiger partial charge in [0.1, 0.15) is 24.5 Å². The fourth-order valence-electron chi connectivity index (χ4n) is 6.44. The lowest BCUT2D eigenvalue weighted by molar-refractivity contribution is -0.144. The molecule has 2 atom stereocenters. The molecule has 12 nitrogen and oxygen atoms in total. The number of halogens is 1. The lowest BCUT2D eigenvalue weighted by Crippen LogP contribution is -2.53. The highest BCUT2D eigenvalue weighted by Gasteiger charge is 2.43. The van der Waals surface area contributed by atoms with Crippen LogP contribution in [-0.2, 0) is 37.0 Å². The highest BCUT2D eigenvalue weighted by Crippen LogP contribution is 2.36. The Morgan fingerprint density at radius 1 is 0.849 bits per heavy atom. The molecule has 0 aromatic heterocycles. The van der Waals surface area contributed by atoms with Crippen molar-refractivity contribution < 1.29 is 37.8 Å². The molecular formula is C40H40FN5O7. The molecule has 0 aliphatic carbocycles. The highest BCUT2D eigenvalue weighted by atomic mass is 19.1. The minimum Gasteiger partial charge on any atom is -0.444 e. The molecule has 0 saturated carbocycles. The molecule has 1 fully saturated rings. The van der Waals surface area contributed by atoms with E-state index in [1.54, 1.807) is 43.3 Å². The number of carbonyl (C=O) groups is 5. The van der Waals surface area contributed by atoms with Crippen LogP contribution in [0, 0.1) is 11.7 Å². The highest BCUT2D eigenvalue weighted by molar-refractivity contribution is 6.06. The molecule has 0 spiro atoms. The van der Waals surface area contributed by atoms with Crippen molar-refractivity contribution in [2.75, 3.05) is 29.2 Å². The van der Waals surface area contributed by atoms with E-state index in [-0.39, 0.29) is 42.6 Å². The number of fused-ring (bicyclic) bond motifs is 1. The summed E-state index contributed by atoms with van der Waals surface area (Å²) in [5, 5.41) is 10.8. The predicted octanol–water partition coefficient (Wildman–Crippen LogP) is 6.17. The number of carbonyl (C=O) groups excluding carboxylic acids is 5. The van der Waals surface area contributed by atoms with Crippen LogP contribution in [0.4, 0.5) is 26.2 Å². The maximum absolute atomic E-state index is 15.2. The van der Waals surface area contributed by atoms with E-state index in [9.17, 15) is 24.0 Å². The van der Waals surface area contributed by atoms with E-state index in [0.717, 1.165) is 17.2 Å². The van der Waals surface area contributed by atoms with Gasteiger partial charge < -0.3 is 30.3 Å². The molecule has 5 amide bonds. The number of anilines is 3. The van der Waals surface area contributed by atoms with Gasteiger partial charge in [0, 0.05) is 43.1 Å². The first-order valence-electron chi connectivity index (χ1n) is 17.4. The van der Waals surface area contributed by atoms with E-state index in [4.69, 9.17) is 9.47 Å². The summed E-state index contributed by atoms with van der Waals surface area (Å²) in [4.78, 5) is 67.6. The van der Waals surface area contributed by atoms with Gasteiger partial charge in [0.15, 0.2) is 0 Å². The van der Waals surface area contributed by atoms with Gasteiger partial charge in [0.2, 0.25) is 11.8 Å². The topological polar surface area (TPSA) is 155 Å². The monoisotopic (exact) mass is 721 g/mol. The summed E-state index contributed by atoms with van der Waals surface area (Å²) in [6, 6.07) is 24.3. The minimum absolute atomic E-state index is 0.0648. The third-order valence-electron chi connectivity index (χ3n) is 9.26. The smallest absolute Gasteiger partial charge is 0.411 e. The van der Waals surface area contributed by atoms with Crippen LogP contribution in [-0.4, -0.2) is 53.9 Å².